The number of fused-ring (bicyclic) bond motifs is 1. The number of benzene rings is 1. The maximum atomic E-state index is 13.2. The number of nitrogens with zero attached hydrogens (tertiary/aromatic N) is 1. The molecule has 11 heteroatoms. The predicted molar refractivity (Wildman–Crippen MR) is 131 cm³/mol. The van der Waals surface area contributed by atoms with Crippen molar-refractivity contribution in [3.63, 3.8) is 0 Å². The number of methoxy groups -OCH3 is 1. The van der Waals surface area contributed by atoms with Crippen LogP contribution in [0.3, 0.4) is 0 Å². The van der Waals surface area contributed by atoms with Crippen LogP contribution in [0, 0.1) is 17.8 Å². The second-order valence-corrected chi connectivity index (χ2v) is 12.1. The number of likely N-dealkylation sites (N-methyl/N-ethyl adjacent to an activating group) is 1. The quantitative estimate of drug-likeness (QED) is 0.290. The van der Waals surface area contributed by atoms with Gasteiger partial charge in [-0.25, -0.2) is 0 Å². The summed E-state index contributed by atoms with van der Waals surface area (Å²) in [7, 11) is -1.23. The summed E-state index contributed by atoms with van der Waals surface area (Å²) < 4.78 is 18.3. The van der Waals surface area contributed by atoms with Gasteiger partial charge in [0.2, 0.25) is 19.2 Å². The van der Waals surface area contributed by atoms with Crippen LogP contribution in [0.2, 0.25) is 0 Å². The highest BCUT2D eigenvalue weighted by atomic mass is 31.2. The zero-order valence-corrected chi connectivity index (χ0v) is 22.1. The third-order valence-corrected chi connectivity index (χ3v) is 7.50. The maximum Gasteiger partial charge on any atom is 0.262 e. The summed E-state index contributed by atoms with van der Waals surface area (Å²) in [5.74, 6) is -2.51. The lowest BCUT2D eigenvalue weighted by Gasteiger charge is -2.26. The van der Waals surface area contributed by atoms with Gasteiger partial charge in [-0.3, -0.25) is 28.6 Å². The molecule has 2 rings (SSSR count). The van der Waals surface area contributed by atoms with E-state index in [4.69, 9.17) is 4.74 Å². The molecule has 1 heterocycles. The first-order chi connectivity index (χ1) is 16.3. The van der Waals surface area contributed by atoms with Crippen LogP contribution < -0.4 is 15.4 Å². The van der Waals surface area contributed by atoms with Gasteiger partial charge in [0, 0.05) is 19.1 Å². The number of nitrogens with one attached hydrogen (secondary N) is 2. The van der Waals surface area contributed by atoms with Gasteiger partial charge >= 0.3 is 0 Å². The topological polar surface area (TPSA) is 142 Å². The van der Waals surface area contributed by atoms with E-state index in [-0.39, 0.29) is 28.9 Å². The van der Waals surface area contributed by atoms with Crippen molar-refractivity contribution in [1.82, 2.24) is 15.5 Å². The van der Waals surface area contributed by atoms with Crippen LogP contribution in [0.25, 0.3) is 0 Å². The molecule has 0 aromatic heterocycles. The van der Waals surface area contributed by atoms with E-state index in [1.165, 1.54) is 32.4 Å². The summed E-state index contributed by atoms with van der Waals surface area (Å²) in [4.78, 5) is 62.4. The highest BCUT2D eigenvalue weighted by Crippen LogP contribution is 2.46. The van der Waals surface area contributed by atoms with Gasteiger partial charge in [0.25, 0.3) is 11.8 Å². The van der Waals surface area contributed by atoms with Crippen molar-refractivity contribution >= 4 is 31.0 Å². The number of carbonyl (C=O) groups is 4. The summed E-state index contributed by atoms with van der Waals surface area (Å²) in [6.07, 6.45) is -0.406. The fourth-order valence-corrected chi connectivity index (χ4v) is 5.97. The number of imide groups is 1. The number of rotatable bonds is 12. The highest BCUT2D eigenvalue weighted by Gasteiger charge is 2.41. The summed E-state index contributed by atoms with van der Waals surface area (Å²) in [6, 6.07) is 3.63. The van der Waals surface area contributed by atoms with E-state index in [0.29, 0.717) is 18.6 Å². The standard InChI is InChI=1S/C24H36N3O7P/c1-14(2)9-16(21(28)26-20(10-15(3)4)22(29)25-5)12-35(32,33)13-27-23(30)18-8-7-17(34-6)11-19(18)24(27)31/h7-8,11,14-16,20H,9-10,12-13H2,1-6H3,(H,25,29)(H,26,28)(H,32,33)/t16?,20-/m0/s1. The largest absolute Gasteiger partial charge is 0.497 e. The average Bonchev–Trinajstić information content (AvgIpc) is 3.00. The van der Waals surface area contributed by atoms with Crippen LogP contribution in [0.15, 0.2) is 18.2 Å². The predicted octanol–water partition coefficient (Wildman–Crippen LogP) is 2.46. The summed E-state index contributed by atoms with van der Waals surface area (Å²) in [5, 5.41) is 5.25. The Morgan fingerprint density at radius 3 is 2.17 bits per heavy atom. The normalized spacial score (nSPS) is 16.7. The fourth-order valence-electron chi connectivity index (χ4n) is 4.15. The van der Waals surface area contributed by atoms with E-state index >= 15 is 0 Å². The van der Waals surface area contributed by atoms with E-state index in [2.05, 4.69) is 10.6 Å². The van der Waals surface area contributed by atoms with Crippen molar-refractivity contribution in [3.05, 3.63) is 29.3 Å². The molecular formula is C24H36N3O7P. The molecule has 0 aliphatic carbocycles. The lowest BCUT2D eigenvalue weighted by molar-refractivity contribution is -0.131. The Bertz CT molecular complexity index is 1020. The fraction of sp³-hybridized carbons (Fsp3) is 0.583. The first-order valence-electron chi connectivity index (χ1n) is 11.7. The van der Waals surface area contributed by atoms with Gasteiger partial charge in [-0.1, -0.05) is 27.7 Å². The van der Waals surface area contributed by atoms with Crippen LogP contribution in [-0.4, -0.2) is 66.1 Å². The molecule has 0 spiro atoms. The molecular weight excluding hydrogens is 473 g/mol. The molecule has 1 aliphatic rings. The molecule has 2 unspecified atom stereocenters. The molecule has 3 N–H and O–H groups in total. The van der Waals surface area contributed by atoms with Crippen molar-refractivity contribution in [1.29, 1.82) is 0 Å². The molecule has 194 valence electrons. The molecule has 10 nitrogen and oxygen atoms in total. The van der Waals surface area contributed by atoms with E-state index < -0.39 is 49.5 Å². The maximum absolute atomic E-state index is 13.2. The molecule has 0 bridgehead atoms. The van der Waals surface area contributed by atoms with Gasteiger partial charge < -0.3 is 20.3 Å². The van der Waals surface area contributed by atoms with E-state index in [1.54, 1.807) is 0 Å². The molecule has 1 aliphatic heterocycles. The Labute approximate surface area is 206 Å². The van der Waals surface area contributed by atoms with Crippen LogP contribution >= 0.6 is 7.37 Å². The van der Waals surface area contributed by atoms with E-state index in [1.807, 2.05) is 27.7 Å². The SMILES string of the molecule is CNC(=O)[C@H](CC(C)C)NC(=O)C(CC(C)C)CP(=O)(O)CN1C(=O)c2ccc(OC)cc2C1=O. The first-order valence-corrected chi connectivity index (χ1v) is 13.7. The van der Waals surface area contributed by atoms with Crippen molar-refractivity contribution < 1.29 is 33.4 Å². The zero-order valence-electron chi connectivity index (χ0n) is 21.2. The molecule has 0 radical (unpaired) electrons. The molecule has 35 heavy (non-hydrogen) atoms. The van der Waals surface area contributed by atoms with Gasteiger partial charge in [-0.05, 0) is 42.9 Å². The van der Waals surface area contributed by atoms with E-state index in [0.717, 1.165) is 4.90 Å². The highest BCUT2D eigenvalue weighted by molar-refractivity contribution is 7.58. The lowest BCUT2D eigenvalue weighted by Crippen LogP contribution is -2.49. The minimum absolute atomic E-state index is 0.0288. The monoisotopic (exact) mass is 509 g/mol. The van der Waals surface area contributed by atoms with Crippen LogP contribution in [-0.2, 0) is 14.2 Å². The van der Waals surface area contributed by atoms with Crippen LogP contribution in [0.1, 0.15) is 61.3 Å². The van der Waals surface area contributed by atoms with Crippen molar-refractivity contribution in [3.8, 4) is 5.75 Å². The number of carbonyl (C=O) groups excluding carboxylic acids is 4. The third kappa shape index (κ3) is 7.39. The van der Waals surface area contributed by atoms with Gasteiger partial charge in [0.15, 0.2) is 0 Å². The third-order valence-electron chi connectivity index (χ3n) is 5.76. The van der Waals surface area contributed by atoms with Gasteiger partial charge in [0.1, 0.15) is 18.1 Å². The molecule has 3 atom stereocenters. The van der Waals surface area contributed by atoms with Crippen molar-refractivity contribution in [2.45, 2.75) is 46.6 Å². The molecule has 1 aromatic carbocycles. The van der Waals surface area contributed by atoms with Crippen molar-refractivity contribution in [2.24, 2.45) is 17.8 Å². The molecule has 0 fully saturated rings. The van der Waals surface area contributed by atoms with Gasteiger partial charge in [-0.2, -0.15) is 0 Å². The summed E-state index contributed by atoms with van der Waals surface area (Å²) in [6.45, 7) is 7.61. The second-order valence-electron chi connectivity index (χ2n) is 9.75. The number of hydrogen-bond acceptors (Lipinski definition) is 6. The Hall–Kier alpha value is -2.71. The average molecular weight is 510 g/mol. The minimum Gasteiger partial charge on any atom is -0.497 e. The summed E-state index contributed by atoms with van der Waals surface area (Å²) >= 11 is 0. The van der Waals surface area contributed by atoms with Crippen LogP contribution in [0.5, 0.6) is 5.75 Å². The molecule has 1 aromatic rings. The van der Waals surface area contributed by atoms with Gasteiger partial charge in [-0.15, -0.1) is 0 Å². The second kappa shape index (κ2) is 11.8. The Balaban J connectivity index is 2.20. The number of ether oxygens (including phenoxy) is 1. The lowest BCUT2D eigenvalue weighted by atomic mass is 9.96. The Morgan fingerprint density at radius 1 is 1.03 bits per heavy atom. The Kier molecular flexibility index (Phi) is 9.63. The van der Waals surface area contributed by atoms with E-state index in [9.17, 15) is 28.6 Å². The zero-order chi connectivity index (χ0) is 26.5. The van der Waals surface area contributed by atoms with Gasteiger partial charge in [0.05, 0.1) is 18.2 Å². The van der Waals surface area contributed by atoms with Crippen LogP contribution in [0.4, 0.5) is 0 Å². The molecule has 4 amide bonds. The van der Waals surface area contributed by atoms with Crippen molar-refractivity contribution in [2.75, 3.05) is 26.6 Å². The Morgan fingerprint density at radius 2 is 1.63 bits per heavy atom. The number of amides is 4. The smallest absolute Gasteiger partial charge is 0.262 e. The molecule has 0 saturated heterocycles. The molecule has 0 saturated carbocycles. The first kappa shape index (κ1) is 28.5. The minimum atomic E-state index is -4.14. The summed E-state index contributed by atoms with van der Waals surface area (Å²) in [5.41, 5.74) is 0.238. The number of hydrogen-bond donors (Lipinski definition) is 3.